The Hall–Kier alpha value is -1.49. The highest BCUT2D eigenvalue weighted by Crippen LogP contribution is 2.47. The minimum Gasteiger partial charge on any atom is -0.337 e. The molecule has 1 amide bonds. The minimum absolute atomic E-state index is 0.0160. The molecular formula is C20H24F2N2O. The molecule has 0 radical (unpaired) electrons. The van der Waals surface area contributed by atoms with Crippen molar-refractivity contribution in [3.05, 3.63) is 35.4 Å². The molecule has 5 heteroatoms. The summed E-state index contributed by atoms with van der Waals surface area (Å²) in [5, 5.41) is 0. The molecule has 0 N–H and O–H groups in total. The van der Waals surface area contributed by atoms with E-state index >= 15 is 0 Å². The van der Waals surface area contributed by atoms with Gasteiger partial charge in [0.15, 0.2) is 0 Å². The van der Waals surface area contributed by atoms with E-state index in [0.717, 1.165) is 51.3 Å². The first kappa shape index (κ1) is 15.7. The maximum absolute atomic E-state index is 13.8. The van der Waals surface area contributed by atoms with Crippen molar-refractivity contribution in [1.29, 1.82) is 0 Å². The summed E-state index contributed by atoms with van der Waals surface area (Å²) in [7, 11) is 0. The van der Waals surface area contributed by atoms with E-state index in [1.54, 1.807) is 0 Å². The molecule has 0 spiro atoms. The van der Waals surface area contributed by atoms with Crippen LogP contribution in [0, 0.1) is 23.5 Å². The van der Waals surface area contributed by atoms with Crippen LogP contribution < -0.4 is 0 Å². The van der Waals surface area contributed by atoms with Gasteiger partial charge in [-0.05, 0) is 62.4 Å². The molecule has 3 atom stereocenters. The molecule has 4 saturated heterocycles. The minimum atomic E-state index is -0.522. The fourth-order valence-corrected chi connectivity index (χ4v) is 5.65. The Morgan fingerprint density at radius 3 is 2.24 bits per heavy atom. The first-order valence-corrected chi connectivity index (χ1v) is 9.62. The highest BCUT2D eigenvalue weighted by atomic mass is 19.1. The third kappa shape index (κ3) is 2.42. The fourth-order valence-electron chi connectivity index (χ4n) is 5.65. The van der Waals surface area contributed by atoms with Gasteiger partial charge in [0.05, 0.1) is 6.04 Å². The Labute approximate surface area is 147 Å². The molecule has 2 bridgehead atoms. The first-order chi connectivity index (χ1) is 12.1. The number of hydrogen-bond acceptors (Lipinski definition) is 2. The molecule has 1 saturated carbocycles. The summed E-state index contributed by atoms with van der Waals surface area (Å²) >= 11 is 0. The Bertz CT molecular complexity index is 677. The van der Waals surface area contributed by atoms with Crippen molar-refractivity contribution in [3.63, 3.8) is 0 Å². The van der Waals surface area contributed by atoms with Gasteiger partial charge in [-0.2, -0.15) is 0 Å². The normalized spacial score (nSPS) is 37.0. The number of likely N-dealkylation sites (tertiary alicyclic amines) is 1. The second-order valence-corrected chi connectivity index (χ2v) is 8.28. The quantitative estimate of drug-likeness (QED) is 0.821. The van der Waals surface area contributed by atoms with Crippen molar-refractivity contribution in [2.45, 2.75) is 50.1 Å². The zero-order valence-electron chi connectivity index (χ0n) is 14.3. The lowest BCUT2D eigenvalue weighted by Crippen LogP contribution is -2.61. The average Bonchev–Trinajstić information content (AvgIpc) is 2.96. The number of carbonyl (C=O) groups is 1. The SMILES string of the molecule is O=C(C1CCC1)N1C[C@@H](c2cc(F)cc(F)c2)[C@@H]2[C@H]1C1CCN2CC1. The number of rotatable bonds is 2. The van der Waals surface area contributed by atoms with Crippen molar-refractivity contribution in [2.75, 3.05) is 19.6 Å². The highest BCUT2D eigenvalue weighted by molar-refractivity contribution is 5.80. The zero-order valence-corrected chi connectivity index (χ0v) is 14.3. The van der Waals surface area contributed by atoms with Crippen LogP contribution in [-0.4, -0.2) is 47.4 Å². The topological polar surface area (TPSA) is 23.6 Å². The van der Waals surface area contributed by atoms with Gasteiger partial charge in [-0.25, -0.2) is 8.78 Å². The van der Waals surface area contributed by atoms with Gasteiger partial charge in [-0.3, -0.25) is 9.69 Å². The number of benzene rings is 1. The van der Waals surface area contributed by atoms with Gasteiger partial charge in [-0.15, -0.1) is 0 Å². The van der Waals surface area contributed by atoms with Crippen LogP contribution in [0.3, 0.4) is 0 Å². The van der Waals surface area contributed by atoms with Gasteiger partial charge in [0.2, 0.25) is 5.91 Å². The predicted molar refractivity (Wildman–Crippen MR) is 90.0 cm³/mol. The lowest BCUT2D eigenvalue weighted by molar-refractivity contribution is -0.143. The third-order valence-electron chi connectivity index (χ3n) is 7.04. The van der Waals surface area contributed by atoms with Crippen molar-refractivity contribution < 1.29 is 13.6 Å². The van der Waals surface area contributed by atoms with Crippen LogP contribution in [-0.2, 0) is 4.79 Å². The van der Waals surface area contributed by atoms with Crippen LogP contribution >= 0.6 is 0 Å². The van der Waals surface area contributed by atoms with E-state index in [-0.39, 0.29) is 29.8 Å². The van der Waals surface area contributed by atoms with Crippen LogP contribution in [0.25, 0.3) is 0 Å². The summed E-state index contributed by atoms with van der Waals surface area (Å²) in [5.41, 5.74) is 0.712. The van der Waals surface area contributed by atoms with Crippen molar-refractivity contribution in [1.82, 2.24) is 9.80 Å². The van der Waals surface area contributed by atoms with Crippen molar-refractivity contribution in [3.8, 4) is 0 Å². The summed E-state index contributed by atoms with van der Waals surface area (Å²) in [6.07, 6.45) is 5.42. The number of fused-ring (bicyclic) bond motifs is 2. The van der Waals surface area contributed by atoms with Gasteiger partial charge in [0, 0.05) is 30.5 Å². The van der Waals surface area contributed by atoms with Gasteiger partial charge in [0.1, 0.15) is 11.6 Å². The standard InChI is InChI=1S/C20H24F2N2O/c21-15-8-14(9-16(22)10-15)17-11-24(20(25)13-2-1-3-13)18-12-4-6-23(7-5-12)19(17)18/h8-10,12-13,17-19H,1-7,11H2/t17-,18+,19+/m0/s1. The Kier molecular flexibility index (Phi) is 3.63. The van der Waals surface area contributed by atoms with Crippen LogP contribution in [0.5, 0.6) is 0 Å². The molecule has 1 aromatic carbocycles. The Morgan fingerprint density at radius 1 is 0.960 bits per heavy atom. The lowest BCUT2D eigenvalue weighted by atomic mass is 9.75. The number of piperidine rings is 3. The summed E-state index contributed by atoms with van der Waals surface area (Å²) < 4.78 is 27.6. The number of carbonyl (C=O) groups excluding carboxylic acids is 1. The number of halogens is 2. The smallest absolute Gasteiger partial charge is 0.226 e. The Balaban J connectivity index is 1.52. The molecule has 1 aromatic rings. The van der Waals surface area contributed by atoms with Crippen LogP contribution in [0.15, 0.2) is 18.2 Å². The number of amides is 1. The average molecular weight is 346 g/mol. The third-order valence-corrected chi connectivity index (χ3v) is 7.04. The molecule has 0 unspecified atom stereocenters. The van der Waals surface area contributed by atoms with Gasteiger partial charge in [0.25, 0.3) is 0 Å². The number of nitrogens with zero attached hydrogens (tertiary/aromatic N) is 2. The largest absolute Gasteiger partial charge is 0.337 e. The van der Waals surface area contributed by atoms with E-state index in [4.69, 9.17) is 0 Å². The van der Waals surface area contributed by atoms with E-state index in [0.29, 0.717) is 18.0 Å². The van der Waals surface area contributed by atoms with Gasteiger partial charge < -0.3 is 4.90 Å². The molecular weight excluding hydrogens is 322 g/mol. The van der Waals surface area contributed by atoms with Crippen LogP contribution in [0.1, 0.15) is 43.6 Å². The molecule has 5 aliphatic rings. The first-order valence-electron chi connectivity index (χ1n) is 9.62. The Morgan fingerprint density at radius 2 is 1.64 bits per heavy atom. The second-order valence-electron chi connectivity index (χ2n) is 8.28. The van der Waals surface area contributed by atoms with Gasteiger partial charge >= 0.3 is 0 Å². The highest BCUT2D eigenvalue weighted by Gasteiger charge is 2.55. The lowest BCUT2D eigenvalue weighted by Gasteiger charge is -2.51. The molecule has 1 aliphatic carbocycles. The molecule has 5 fully saturated rings. The van der Waals surface area contributed by atoms with Gasteiger partial charge in [-0.1, -0.05) is 6.42 Å². The summed E-state index contributed by atoms with van der Waals surface area (Å²) in [5.74, 6) is -0.0178. The maximum atomic E-state index is 13.8. The van der Waals surface area contributed by atoms with E-state index in [9.17, 15) is 13.6 Å². The summed E-state index contributed by atoms with van der Waals surface area (Å²) in [6, 6.07) is 4.31. The van der Waals surface area contributed by atoms with Crippen molar-refractivity contribution >= 4 is 5.91 Å². The second kappa shape index (κ2) is 5.76. The summed E-state index contributed by atoms with van der Waals surface area (Å²) in [6.45, 7) is 2.71. The molecule has 4 aliphatic heterocycles. The molecule has 4 heterocycles. The fraction of sp³-hybridized carbons (Fsp3) is 0.650. The predicted octanol–water partition coefficient (Wildman–Crippen LogP) is 3.15. The number of hydrogen-bond donors (Lipinski definition) is 0. The van der Waals surface area contributed by atoms with E-state index in [1.807, 2.05) is 0 Å². The summed E-state index contributed by atoms with van der Waals surface area (Å²) in [4.78, 5) is 17.6. The van der Waals surface area contributed by atoms with E-state index in [1.165, 1.54) is 12.1 Å². The molecule has 25 heavy (non-hydrogen) atoms. The molecule has 6 rings (SSSR count). The maximum Gasteiger partial charge on any atom is 0.226 e. The molecule has 3 nitrogen and oxygen atoms in total. The van der Waals surface area contributed by atoms with E-state index in [2.05, 4.69) is 9.80 Å². The van der Waals surface area contributed by atoms with Crippen LogP contribution in [0.4, 0.5) is 8.78 Å². The van der Waals surface area contributed by atoms with Crippen LogP contribution in [0.2, 0.25) is 0 Å². The van der Waals surface area contributed by atoms with E-state index < -0.39 is 11.6 Å². The molecule has 0 aromatic heterocycles. The zero-order chi connectivity index (χ0) is 17.1. The van der Waals surface area contributed by atoms with Crippen molar-refractivity contribution in [2.24, 2.45) is 11.8 Å². The monoisotopic (exact) mass is 346 g/mol. The molecule has 134 valence electrons.